The number of rotatable bonds is 3. The van der Waals surface area contributed by atoms with E-state index in [2.05, 4.69) is 4.98 Å². The fourth-order valence-electron chi connectivity index (χ4n) is 1.36. The lowest BCUT2D eigenvalue weighted by Gasteiger charge is -1.91. The van der Waals surface area contributed by atoms with Crippen molar-refractivity contribution >= 4 is 23.2 Å². The van der Waals surface area contributed by atoms with Gasteiger partial charge < -0.3 is 15.3 Å². The van der Waals surface area contributed by atoms with E-state index < -0.39 is 0 Å². The molecular weight excluding hydrogens is 192 g/mol. The van der Waals surface area contributed by atoms with Gasteiger partial charge in [0, 0.05) is 6.61 Å². The molecule has 1 aromatic carbocycles. The van der Waals surface area contributed by atoms with Crippen molar-refractivity contribution in [3.05, 3.63) is 29.8 Å². The molecule has 0 spiro atoms. The summed E-state index contributed by atoms with van der Waals surface area (Å²) < 4.78 is 5.15. The molecule has 3 N–H and O–H groups in total. The predicted molar refractivity (Wildman–Crippen MR) is 59.2 cm³/mol. The van der Waals surface area contributed by atoms with Gasteiger partial charge in [0.25, 0.3) is 6.01 Å². The third kappa shape index (κ3) is 2.16. The van der Waals surface area contributed by atoms with Gasteiger partial charge in [-0.3, -0.25) is 0 Å². The molecule has 1 aromatic heterocycles. The Morgan fingerprint density at radius 3 is 3.13 bits per heavy atom. The van der Waals surface area contributed by atoms with Gasteiger partial charge in [0.15, 0.2) is 5.58 Å². The molecule has 0 fully saturated rings. The number of nitrogens with two attached hydrogens (primary N) is 1. The lowest BCUT2D eigenvalue weighted by Crippen LogP contribution is -1.80. The van der Waals surface area contributed by atoms with Crippen molar-refractivity contribution in [1.29, 1.82) is 0 Å². The number of aliphatic hydroxyl groups is 1. The Labute approximate surface area is 87.0 Å². The fraction of sp³-hybridized carbons (Fsp3) is 0.182. The van der Waals surface area contributed by atoms with Crippen LogP contribution in [0.25, 0.3) is 17.2 Å². The summed E-state index contributed by atoms with van der Waals surface area (Å²) in [6.07, 6.45) is 4.49. The molecule has 0 aliphatic rings. The van der Waals surface area contributed by atoms with E-state index in [9.17, 15) is 0 Å². The van der Waals surface area contributed by atoms with E-state index >= 15 is 0 Å². The van der Waals surface area contributed by atoms with Crippen LogP contribution in [0.1, 0.15) is 12.0 Å². The molecule has 2 aromatic rings. The first kappa shape index (κ1) is 9.73. The van der Waals surface area contributed by atoms with E-state index in [1.165, 1.54) is 0 Å². The number of fused-ring (bicyclic) bond motifs is 1. The van der Waals surface area contributed by atoms with Crippen LogP contribution >= 0.6 is 0 Å². The van der Waals surface area contributed by atoms with Crippen LogP contribution in [0, 0.1) is 0 Å². The van der Waals surface area contributed by atoms with Crippen molar-refractivity contribution in [2.45, 2.75) is 6.42 Å². The second-order valence-electron chi connectivity index (χ2n) is 3.19. The van der Waals surface area contributed by atoms with Crippen LogP contribution in [-0.4, -0.2) is 16.7 Å². The van der Waals surface area contributed by atoms with Gasteiger partial charge in [0.05, 0.1) is 0 Å². The van der Waals surface area contributed by atoms with Crippen molar-refractivity contribution < 1.29 is 9.52 Å². The van der Waals surface area contributed by atoms with Crippen molar-refractivity contribution in [2.75, 3.05) is 12.3 Å². The molecule has 4 heteroatoms. The summed E-state index contributed by atoms with van der Waals surface area (Å²) in [4.78, 5) is 4.03. The summed E-state index contributed by atoms with van der Waals surface area (Å²) in [5, 5.41) is 8.62. The topological polar surface area (TPSA) is 72.3 Å². The van der Waals surface area contributed by atoms with Gasteiger partial charge >= 0.3 is 0 Å². The molecule has 0 radical (unpaired) electrons. The normalized spacial score (nSPS) is 11.5. The van der Waals surface area contributed by atoms with Crippen LogP contribution in [0.2, 0.25) is 0 Å². The summed E-state index contributed by atoms with van der Waals surface area (Å²) in [6, 6.07) is 5.82. The smallest absolute Gasteiger partial charge is 0.292 e. The van der Waals surface area contributed by atoms with E-state index in [4.69, 9.17) is 15.3 Å². The highest BCUT2D eigenvalue weighted by molar-refractivity contribution is 5.77. The van der Waals surface area contributed by atoms with Crippen LogP contribution in [-0.2, 0) is 0 Å². The Morgan fingerprint density at radius 1 is 1.47 bits per heavy atom. The van der Waals surface area contributed by atoms with Gasteiger partial charge in [-0.15, -0.1) is 0 Å². The Bertz CT molecular complexity index is 488. The van der Waals surface area contributed by atoms with E-state index in [0.717, 1.165) is 11.1 Å². The summed E-state index contributed by atoms with van der Waals surface area (Å²) in [7, 11) is 0. The van der Waals surface area contributed by atoms with Gasteiger partial charge in [-0.05, 0) is 24.1 Å². The summed E-state index contributed by atoms with van der Waals surface area (Å²) in [5.41, 5.74) is 7.89. The van der Waals surface area contributed by atoms with Gasteiger partial charge in [-0.25, -0.2) is 0 Å². The Kier molecular flexibility index (Phi) is 2.69. The third-order valence-corrected chi connectivity index (χ3v) is 2.03. The van der Waals surface area contributed by atoms with Crippen molar-refractivity contribution in [3.8, 4) is 0 Å². The summed E-state index contributed by atoms with van der Waals surface area (Å²) in [5.74, 6) is 0. The first-order chi connectivity index (χ1) is 7.29. The Balaban J connectivity index is 2.30. The standard InChI is InChI=1S/C11H12N2O2/c12-11-13-9-7-8(3-1-2-6-14)4-5-10(9)15-11/h1,3-5,7,14H,2,6H2,(H2,12,13). The molecule has 0 aliphatic heterocycles. The number of oxazole rings is 1. The van der Waals surface area contributed by atoms with Gasteiger partial charge in [-0.2, -0.15) is 4.98 Å². The SMILES string of the molecule is Nc1nc2cc(C=CCCO)ccc2o1. The summed E-state index contributed by atoms with van der Waals surface area (Å²) >= 11 is 0. The zero-order chi connectivity index (χ0) is 10.7. The van der Waals surface area contributed by atoms with Crippen LogP contribution in [0.15, 0.2) is 28.7 Å². The van der Waals surface area contributed by atoms with Crippen LogP contribution in [0.3, 0.4) is 0 Å². The van der Waals surface area contributed by atoms with Crippen molar-refractivity contribution in [1.82, 2.24) is 4.98 Å². The maximum Gasteiger partial charge on any atom is 0.292 e. The molecule has 78 valence electrons. The molecule has 0 saturated carbocycles. The predicted octanol–water partition coefficient (Wildman–Crippen LogP) is 1.81. The fourth-order valence-corrected chi connectivity index (χ4v) is 1.36. The number of hydrogen-bond donors (Lipinski definition) is 2. The number of nitrogens with zero attached hydrogens (tertiary/aromatic N) is 1. The lowest BCUT2D eigenvalue weighted by atomic mass is 10.2. The average molecular weight is 204 g/mol. The van der Waals surface area contributed by atoms with Crippen LogP contribution in [0.4, 0.5) is 6.01 Å². The van der Waals surface area contributed by atoms with E-state index in [1.54, 1.807) is 0 Å². The second kappa shape index (κ2) is 4.14. The Morgan fingerprint density at radius 2 is 2.33 bits per heavy atom. The van der Waals surface area contributed by atoms with Gasteiger partial charge in [0.2, 0.25) is 0 Å². The third-order valence-electron chi connectivity index (χ3n) is 2.03. The molecule has 0 bridgehead atoms. The second-order valence-corrected chi connectivity index (χ2v) is 3.19. The first-order valence-electron chi connectivity index (χ1n) is 4.73. The quantitative estimate of drug-likeness (QED) is 0.799. The minimum Gasteiger partial charge on any atom is -0.424 e. The number of hydrogen-bond acceptors (Lipinski definition) is 4. The molecule has 0 unspecified atom stereocenters. The molecule has 0 atom stereocenters. The first-order valence-corrected chi connectivity index (χ1v) is 4.73. The van der Waals surface area contributed by atoms with Crippen LogP contribution < -0.4 is 5.73 Å². The molecule has 0 aliphatic carbocycles. The molecule has 0 saturated heterocycles. The number of benzene rings is 1. The lowest BCUT2D eigenvalue weighted by molar-refractivity contribution is 0.303. The molecule has 2 rings (SSSR count). The molecule has 4 nitrogen and oxygen atoms in total. The minimum atomic E-state index is 0.162. The molecule has 0 amide bonds. The Hall–Kier alpha value is -1.81. The number of nitrogen functional groups attached to an aromatic ring is 1. The zero-order valence-corrected chi connectivity index (χ0v) is 8.18. The van der Waals surface area contributed by atoms with Crippen LogP contribution in [0.5, 0.6) is 0 Å². The highest BCUT2D eigenvalue weighted by atomic mass is 16.4. The van der Waals surface area contributed by atoms with E-state index in [0.29, 0.717) is 12.0 Å². The molecule has 15 heavy (non-hydrogen) atoms. The maximum absolute atomic E-state index is 8.62. The molecule has 1 heterocycles. The number of aromatic nitrogens is 1. The maximum atomic E-state index is 8.62. The van der Waals surface area contributed by atoms with Gasteiger partial charge in [-0.1, -0.05) is 18.2 Å². The highest BCUT2D eigenvalue weighted by Crippen LogP contribution is 2.18. The van der Waals surface area contributed by atoms with Crippen molar-refractivity contribution in [2.24, 2.45) is 0 Å². The summed E-state index contributed by atoms with van der Waals surface area (Å²) in [6.45, 7) is 0.162. The zero-order valence-electron chi connectivity index (χ0n) is 8.18. The number of aliphatic hydroxyl groups excluding tert-OH is 1. The largest absolute Gasteiger partial charge is 0.424 e. The van der Waals surface area contributed by atoms with E-state index in [1.807, 2.05) is 30.4 Å². The van der Waals surface area contributed by atoms with E-state index in [-0.39, 0.29) is 12.6 Å². The van der Waals surface area contributed by atoms with Gasteiger partial charge in [0.1, 0.15) is 5.52 Å². The number of anilines is 1. The highest BCUT2D eigenvalue weighted by Gasteiger charge is 2.01. The average Bonchev–Trinajstić information content (AvgIpc) is 2.57. The monoisotopic (exact) mass is 204 g/mol. The minimum absolute atomic E-state index is 0.162. The van der Waals surface area contributed by atoms with Crippen molar-refractivity contribution in [3.63, 3.8) is 0 Å². The molecular formula is C11H12N2O2.